The van der Waals surface area contributed by atoms with Crippen molar-refractivity contribution < 1.29 is 0 Å². The van der Waals surface area contributed by atoms with Gasteiger partial charge in [0.15, 0.2) is 5.65 Å². The van der Waals surface area contributed by atoms with Crippen LogP contribution in [0.15, 0.2) is 23.4 Å². The summed E-state index contributed by atoms with van der Waals surface area (Å²) in [5.74, 6) is 0.342. The number of azide groups is 1. The molecule has 2 aromatic heterocycles. The van der Waals surface area contributed by atoms with Crippen LogP contribution in [0.1, 0.15) is 0 Å². The predicted octanol–water partition coefficient (Wildman–Crippen LogP) is 1.90. The Hall–Kier alpha value is -2.07. The number of rotatable bonds is 1. The molecule has 0 fully saturated rings. The Kier molecular flexibility index (Phi) is 1.39. The van der Waals surface area contributed by atoms with E-state index in [9.17, 15) is 0 Å². The van der Waals surface area contributed by atoms with Crippen molar-refractivity contribution in [2.75, 3.05) is 0 Å². The average molecular weight is 160 g/mol. The first kappa shape index (κ1) is 6.63. The van der Waals surface area contributed by atoms with E-state index in [4.69, 9.17) is 5.53 Å². The van der Waals surface area contributed by atoms with Crippen molar-refractivity contribution in [2.45, 2.75) is 0 Å². The van der Waals surface area contributed by atoms with Gasteiger partial charge in [-0.1, -0.05) is 0 Å². The fourth-order valence-corrected chi connectivity index (χ4v) is 0.918. The molecular formula is C6H4N6. The molecule has 0 unspecified atom stereocenters. The first-order chi connectivity index (χ1) is 5.90. The maximum atomic E-state index is 8.13. The minimum Gasteiger partial charge on any atom is -0.261 e. The molecule has 12 heavy (non-hydrogen) atoms. The van der Waals surface area contributed by atoms with Gasteiger partial charge in [0.2, 0.25) is 0 Å². The fourth-order valence-electron chi connectivity index (χ4n) is 0.918. The van der Waals surface area contributed by atoms with Gasteiger partial charge in [0, 0.05) is 10.3 Å². The summed E-state index contributed by atoms with van der Waals surface area (Å²) in [5.41, 5.74) is 8.76. The van der Waals surface area contributed by atoms with Crippen LogP contribution in [-0.4, -0.2) is 15.2 Å². The number of nitrogens with zero attached hydrogens (tertiary/aromatic N) is 5. The molecule has 0 aromatic carbocycles. The largest absolute Gasteiger partial charge is 0.261 e. The zero-order chi connectivity index (χ0) is 8.39. The van der Waals surface area contributed by atoms with Crippen LogP contribution in [0, 0.1) is 0 Å². The molecule has 0 aliphatic heterocycles. The molecular weight excluding hydrogens is 156 g/mol. The molecule has 0 amide bonds. The zero-order valence-electron chi connectivity index (χ0n) is 5.97. The predicted molar refractivity (Wildman–Crippen MR) is 42.7 cm³/mol. The third-order valence-corrected chi connectivity index (χ3v) is 1.43. The summed E-state index contributed by atoms with van der Waals surface area (Å²) >= 11 is 0. The minimum absolute atomic E-state index is 0.342. The second-order valence-electron chi connectivity index (χ2n) is 2.17. The smallest absolute Gasteiger partial charge is 0.155 e. The highest BCUT2D eigenvalue weighted by atomic mass is 15.2. The molecule has 58 valence electrons. The number of aromatic nitrogens is 3. The van der Waals surface area contributed by atoms with Gasteiger partial charge in [0.25, 0.3) is 0 Å². The highest BCUT2D eigenvalue weighted by Gasteiger charge is 1.96. The Morgan fingerprint density at radius 2 is 2.42 bits per heavy atom. The van der Waals surface area contributed by atoms with E-state index in [1.54, 1.807) is 18.3 Å². The van der Waals surface area contributed by atoms with Crippen LogP contribution in [0.25, 0.3) is 21.5 Å². The minimum atomic E-state index is 0.342. The second kappa shape index (κ2) is 2.52. The number of aromatic amines is 1. The van der Waals surface area contributed by atoms with Crippen molar-refractivity contribution in [1.29, 1.82) is 0 Å². The second-order valence-corrected chi connectivity index (χ2v) is 2.17. The molecule has 6 nitrogen and oxygen atoms in total. The van der Waals surface area contributed by atoms with Gasteiger partial charge in [0.1, 0.15) is 5.82 Å². The first-order valence-corrected chi connectivity index (χ1v) is 3.25. The van der Waals surface area contributed by atoms with E-state index in [-0.39, 0.29) is 0 Å². The van der Waals surface area contributed by atoms with E-state index in [1.807, 2.05) is 0 Å². The zero-order valence-corrected chi connectivity index (χ0v) is 5.97. The lowest BCUT2D eigenvalue weighted by Gasteiger charge is -1.88. The standard InChI is InChI=1S/C6H4N6/c7-12-10-5-2-1-4-3-8-11-6(4)9-5/h1-3H,(H,8,9,11). The maximum Gasteiger partial charge on any atom is 0.155 e. The highest BCUT2D eigenvalue weighted by Crippen LogP contribution is 2.13. The molecule has 0 spiro atoms. The number of hydrogen-bond acceptors (Lipinski definition) is 3. The summed E-state index contributed by atoms with van der Waals surface area (Å²) in [6.45, 7) is 0. The first-order valence-electron chi connectivity index (χ1n) is 3.25. The number of fused-ring (bicyclic) bond motifs is 1. The summed E-state index contributed by atoms with van der Waals surface area (Å²) in [7, 11) is 0. The van der Waals surface area contributed by atoms with Crippen molar-refractivity contribution in [1.82, 2.24) is 15.2 Å². The van der Waals surface area contributed by atoms with Crippen LogP contribution in [0.4, 0.5) is 5.82 Å². The van der Waals surface area contributed by atoms with E-state index < -0.39 is 0 Å². The SMILES string of the molecule is [N-]=[N+]=Nc1ccc2cn[nH]c2n1. The summed E-state index contributed by atoms with van der Waals surface area (Å²) in [5, 5.41) is 10.7. The van der Waals surface area contributed by atoms with E-state index in [0.29, 0.717) is 11.5 Å². The summed E-state index contributed by atoms with van der Waals surface area (Å²) in [6, 6.07) is 3.42. The van der Waals surface area contributed by atoms with Crippen LogP contribution >= 0.6 is 0 Å². The van der Waals surface area contributed by atoms with Gasteiger partial charge < -0.3 is 0 Å². The fraction of sp³-hybridized carbons (Fsp3) is 0. The van der Waals surface area contributed by atoms with Gasteiger partial charge in [-0.15, -0.1) is 0 Å². The Labute approximate surface area is 66.9 Å². The summed E-state index contributed by atoms with van der Waals surface area (Å²) in [4.78, 5) is 6.61. The van der Waals surface area contributed by atoms with E-state index in [1.165, 1.54) is 0 Å². The molecule has 0 saturated heterocycles. The van der Waals surface area contributed by atoms with E-state index in [0.717, 1.165) is 5.39 Å². The molecule has 2 rings (SSSR count). The molecule has 1 N–H and O–H groups in total. The summed E-state index contributed by atoms with van der Waals surface area (Å²) in [6.07, 6.45) is 1.65. The molecule has 0 atom stereocenters. The van der Waals surface area contributed by atoms with Crippen LogP contribution in [-0.2, 0) is 0 Å². The van der Waals surface area contributed by atoms with Gasteiger partial charge in [-0.05, 0) is 22.8 Å². The molecule has 0 aliphatic rings. The van der Waals surface area contributed by atoms with Gasteiger partial charge >= 0.3 is 0 Å². The van der Waals surface area contributed by atoms with E-state index >= 15 is 0 Å². The Morgan fingerprint density at radius 3 is 3.25 bits per heavy atom. The van der Waals surface area contributed by atoms with Crippen LogP contribution in [0.2, 0.25) is 0 Å². The number of nitrogens with one attached hydrogen (secondary N) is 1. The number of H-pyrrole nitrogens is 1. The van der Waals surface area contributed by atoms with Gasteiger partial charge in [-0.2, -0.15) is 5.10 Å². The van der Waals surface area contributed by atoms with Crippen molar-refractivity contribution in [3.63, 3.8) is 0 Å². The third-order valence-electron chi connectivity index (χ3n) is 1.43. The Bertz CT molecular complexity index is 452. The lowest BCUT2D eigenvalue weighted by Crippen LogP contribution is -1.75. The van der Waals surface area contributed by atoms with Crippen molar-refractivity contribution in [3.8, 4) is 0 Å². The Morgan fingerprint density at radius 1 is 1.50 bits per heavy atom. The normalized spacial score (nSPS) is 9.67. The third kappa shape index (κ3) is 0.959. The molecule has 0 bridgehead atoms. The lowest BCUT2D eigenvalue weighted by molar-refractivity contribution is 1.09. The van der Waals surface area contributed by atoms with E-state index in [2.05, 4.69) is 25.2 Å². The maximum absolute atomic E-state index is 8.13. The number of pyridine rings is 1. The summed E-state index contributed by atoms with van der Waals surface area (Å²) < 4.78 is 0. The van der Waals surface area contributed by atoms with Crippen LogP contribution in [0.5, 0.6) is 0 Å². The lowest BCUT2D eigenvalue weighted by atomic mass is 10.3. The molecule has 0 saturated carbocycles. The van der Waals surface area contributed by atoms with Gasteiger partial charge in [-0.3, -0.25) is 5.10 Å². The molecule has 0 aliphatic carbocycles. The monoisotopic (exact) mass is 160 g/mol. The van der Waals surface area contributed by atoms with Gasteiger partial charge in [0.05, 0.1) is 6.20 Å². The van der Waals surface area contributed by atoms with Crippen molar-refractivity contribution >= 4 is 16.9 Å². The van der Waals surface area contributed by atoms with Gasteiger partial charge in [-0.25, -0.2) is 4.98 Å². The molecule has 2 aromatic rings. The molecule has 6 heteroatoms. The molecule has 2 heterocycles. The number of hydrogen-bond donors (Lipinski definition) is 1. The molecule has 0 radical (unpaired) electrons. The average Bonchev–Trinajstić information content (AvgIpc) is 2.51. The Balaban J connectivity index is 2.67. The van der Waals surface area contributed by atoms with Crippen molar-refractivity contribution in [2.24, 2.45) is 5.11 Å². The van der Waals surface area contributed by atoms with Crippen LogP contribution in [0.3, 0.4) is 0 Å². The van der Waals surface area contributed by atoms with Crippen molar-refractivity contribution in [3.05, 3.63) is 28.8 Å². The quantitative estimate of drug-likeness (QED) is 0.392. The topological polar surface area (TPSA) is 90.3 Å². The van der Waals surface area contributed by atoms with Crippen LogP contribution < -0.4 is 0 Å². The highest BCUT2D eigenvalue weighted by molar-refractivity contribution is 5.75.